The Labute approximate surface area is 173 Å². The lowest BCUT2D eigenvalue weighted by Gasteiger charge is -2.29. The summed E-state index contributed by atoms with van der Waals surface area (Å²) >= 11 is 1.56. The van der Waals surface area contributed by atoms with Crippen LogP contribution in [0.3, 0.4) is 0 Å². The molecule has 2 N–H and O–H groups in total. The topological polar surface area (TPSA) is 90.8 Å². The van der Waals surface area contributed by atoms with Crippen molar-refractivity contribution < 1.29 is 9.53 Å². The largest absolute Gasteiger partial charge is 0.474 e. The fraction of sp³-hybridized carbons (Fsp3) is 0.318. The van der Waals surface area contributed by atoms with E-state index in [9.17, 15) is 4.79 Å². The van der Waals surface area contributed by atoms with E-state index in [-0.39, 0.29) is 18.1 Å². The first kappa shape index (κ1) is 19.3. The molecule has 0 saturated heterocycles. The Morgan fingerprint density at radius 2 is 2.07 bits per heavy atom. The van der Waals surface area contributed by atoms with E-state index in [1.54, 1.807) is 23.9 Å². The number of amides is 1. The van der Waals surface area contributed by atoms with Crippen LogP contribution in [0, 0.1) is 11.3 Å². The Balaban J connectivity index is 1.21. The highest BCUT2D eigenvalue weighted by molar-refractivity contribution is 8.00. The number of nitriles is 1. The summed E-state index contributed by atoms with van der Waals surface area (Å²) in [6, 6.07) is 13.8. The van der Waals surface area contributed by atoms with Crippen LogP contribution in [0.15, 0.2) is 53.7 Å². The van der Waals surface area contributed by atoms with Gasteiger partial charge in [0.2, 0.25) is 11.8 Å². The van der Waals surface area contributed by atoms with Crippen molar-refractivity contribution >= 4 is 28.6 Å². The number of H-pyrrole nitrogens is 1. The summed E-state index contributed by atoms with van der Waals surface area (Å²) in [7, 11) is 0. The molecule has 1 aliphatic rings. The number of hydrogen-bond acceptors (Lipinski definition) is 5. The van der Waals surface area contributed by atoms with E-state index in [2.05, 4.69) is 21.4 Å². The van der Waals surface area contributed by atoms with Crippen molar-refractivity contribution in [3.63, 3.8) is 0 Å². The van der Waals surface area contributed by atoms with E-state index in [0.29, 0.717) is 17.2 Å². The van der Waals surface area contributed by atoms with Crippen molar-refractivity contribution in [1.29, 1.82) is 5.26 Å². The van der Waals surface area contributed by atoms with Crippen LogP contribution >= 0.6 is 11.8 Å². The number of para-hydroxylation sites is 1. The van der Waals surface area contributed by atoms with Crippen LogP contribution in [0.2, 0.25) is 0 Å². The lowest BCUT2D eigenvalue weighted by molar-refractivity contribution is -0.119. The maximum Gasteiger partial charge on any atom is 0.230 e. The first-order chi connectivity index (χ1) is 14.2. The van der Waals surface area contributed by atoms with Gasteiger partial charge in [0, 0.05) is 40.3 Å². The van der Waals surface area contributed by atoms with Crippen molar-refractivity contribution in [3.8, 4) is 11.9 Å². The molecule has 1 aromatic carbocycles. The Bertz CT molecular complexity index is 1020. The molecule has 6 nitrogen and oxygen atoms in total. The molecule has 1 saturated carbocycles. The zero-order chi connectivity index (χ0) is 20.1. The van der Waals surface area contributed by atoms with Crippen molar-refractivity contribution in [2.45, 2.75) is 42.7 Å². The summed E-state index contributed by atoms with van der Waals surface area (Å²) < 4.78 is 5.90. The summed E-state index contributed by atoms with van der Waals surface area (Å²) in [5, 5.41) is 13.1. The van der Waals surface area contributed by atoms with Crippen LogP contribution in [-0.2, 0) is 4.79 Å². The van der Waals surface area contributed by atoms with Gasteiger partial charge in [-0.25, -0.2) is 4.98 Å². The SMILES string of the molecule is N#Cc1ccc(OC2CCC(NC(=O)CSc3c[nH]c4ccccc34)CC2)nc1. The third-order valence-electron chi connectivity index (χ3n) is 5.10. The van der Waals surface area contributed by atoms with Gasteiger partial charge in [0.25, 0.3) is 0 Å². The molecule has 4 rings (SSSR count). The highest BCUT2D eigenvalue weighted by Gasteiger charge is 2.24. The summed E-state index contributed by atoms with van der Waals surface area (Å²) in [5.74, 6) is 1.03. The van der Waals surface area contributed by atoms with Gasteiger partial charge in [-0.1, -0.05) is 18.2 Å². The van der Waals surface area contributed by atoms with Gasteiger partial charge >= 0.3 is 0 Å². The van der Waals surface area contributed by atoms with Gasteiger partial charge in [0.15, 0.2) is 0 Å². The summed E-state index contributed by atoms with van der Waals surface area (Å²) in [6.07, 6.45) is 7.12. The molecule has 1 amide bonds. The van der Waals surface area contributed by atoms with E-state index >= 15 is 0 Å². The molecule has 0 aliphatic heterocycles. The quantitative estimate of drug-likeness (QED) is 0.603. The van der Waals surface area contributed by atoms with Crippen molar-refractivity contribution in [2.75, 3.05) is 5.75 Å². The lowest BCUT2D eigenvalue weighted by Crippen LogP contribution is -2.40. The maximum atomic E-state index is 12.4. The molecule has 7 heteroatoms. The predicted molar refractivity (Wildman–Crippen MR) is 113 cm³/mol. The zero-order valence-corrected chi connectivity index (χ0v) is 16.7. The number of rotatable bonds is 6. The van der Waals surface area contributed by atoms with E-state index in [1.807, 2.05) is 30.5 Å². The number of pyridine rings is 1. The minimum absolute atomic E-state index is 0.0680. The molecule has 3 aromatic rings. The molecule has 0 bridgehead atoms. The minimum atomic E-state index is 0.0680. The molecule has 1 fully saturated rings. The van der Waals surface area contributed by atoms with Crippen LogP contribution in [-0.4, -0.2) is 33.8 Å². The smallest absolute Gasteiger partial charge is 0.230 e. The number of benzene rings is 1. The van der Waals surface area contributed by atoms with Crippen LogP contribution in [0.1, 0.15) is 31.2 Å². The first-order valence-electron chi connectivity index (χ1n) is 9.72. The summed E-state index contributed by atoms with van der Waals surface area (Å²) in [6.45, 7) is 0. The van der Waals surface area contributed by atoms with Gasteiger partial charge in [-0.2, -0.15) is 5.26 Å². The molecule has 0 unspecified atom stereocenters. The molecular formula is C22H22N4O2S. The molecule has 29 heavy (non-hydrogen) atoms. The number of nitrogens with zero attached hydrogens (tertiary/aromatic N) is 2. The third kappa shape index (κ3) is 4.90. The molecule has 0 spiro atoms. The maximum absolute atomic E-state index is 12.4. The summed E-state index contributed by atoms with van der Waals surface area (Å²) in [5.41, 5.74) is 1.61. The predicted octanol–water partition coefficient (Wildman–Crippen LogP) is 4.03. The minimum Gasteiger partial charge on any atom is -0.474 e. The average Bonchev–Trinajstić information content (AvgIpc) is 3.17. The van der Waals surface area contributed by atoms with Gasteiger partial charge in [0.05, 0.1) is 11.3 Å². The standard InChI is InChI=1S/C22H22N4O2S/c23-11-15-5-10-22(25-12-15)28-17-8-6-16(7-9-17)26-21(27)14-29-20-13-24-19-4-2-1-3-18(19)20/h1-5,10,12-13,16-17,24H,6-9,14H2,(H,26,27). The second kappa shape index (κ2) is 9.01. The van der Waals surface area contributed by atoms with E-state index in [4.69, 9.17) is 10.00 Å². The van der Waals surface area contributed by atoms with Crippen LogP contribution < -0.4 is 10.1 Å². The Kier molecular flexibility index (Phi) is 6.01. The number of aromatic amines is 1. The number of aromatic nitrogens is 2. The second-order valence-electron chi connectivity index (χ2n) is 7.14. The summed E-state index contributed by atoms with van der Waals surface area (Å²) in [4.78, 5) is 20.9. The highest BCUT2D eigenvalue weighted by Crippen LogP contribution is 2.28. The van der Waals surface area contributed by atoms with Crippen LogP contribution in [0.5, 0.6) is 5.88 Å². The molecule has 0 atom stereocenters. The third-order valence-corrected chi connectivity index (χ3v) is 6.16. The number of nitrogens with one attached hydrogen (secondary N) is 2. The fourth-order valence-electron chi connectivity index (χ4n) is 3.59. The number of carbonyl (C=O) groups excluding carboxylic acids is 1. The van der Waals surface area contributed by atoms with Crippen molar-refractivity contribution in [3.05, 3.63) is 54.4 Å². The monoisotopic (exact) mass is 406 g/mol. The van der Waals surface area contributed by atoms with Gasteiger partial charge in [-0.15, -0.1) is 11.8 Å². The number of ether oxygens (including phenoxy) is 1. The van der Waals surface area contributed by atoms with Crippen molar-refractivity contribution in [1.82, 2.24) is 15.3 Å². The Morgan fingerprint density at radius 1 is 1.24 bits per heavy atom. The van der Waals surface area contributed by atoms with E-state index < -0.39 is 0 Å². The van der Waals surface area contributed by atoms with Gasteiger partial charge < -0.3 is 15.0 Å². The Morgan fingerprint density at radius 3 is 2.83 bits per heavy atom. The van der Waals surface area contributed by atoms with Gasteiger partial charge in [0.1, 0.15) is 12.2 Å². The zero-order valence-electron chi connectivity index (χ0n) is 15.9. The molecule has 0 radical (unpaired) electrons. The van der Waals surface area contributed by atoms with Gasteiger partial charge in [-0.3, -0.25) is 4.79 Å². The average molecular weight is 407 g/mol. The number of hydrogen-bond donors (Lipinski definition) is 2. The highest BCUT2D eigenvalue weighted by atomic mass is 32.2. The normalized spacial score (nSPS) is 18.9. The Hall–Kier alpha value is -2.98. The van der Waals surface area contributed by atoms with Gasteiger partial charge in [-0.05, 0) is 37.8 Å². The first-order valence-corrected chi connectivity index (χ1v) is 10.7. The number of carbonyl (C=O) groups is 1. The molecule has 1 aliphatic carbocycles. The molecule has 2 aromatic heterocycles. The lowest BCUT2D eigenvalue weighted by atomic mass is 9.93. The molecule has 148 valence electrons. The van der Waals surface area contributed by atoms with E-state index in [1.165, 1.54) is 6.20 Å². The van der Waals surface area contributed by atoms with Crippen molar-refractivity contribution in [2.24, 2.45) is 0 Å². The molecular weight excluding hydrogens is 384 g/mol. The van der Waals surface area contributed by atoms with E-state index in [0.717, 1.165) is 41.5 Å². The number of fused-ring (bicyclic) bond motifs is 1. The van der Waals surface area contributed by atoms with Crippen LogP contribution in [0.4, 0.5) is 0 Å². The second-order valence-corrected chi connectivity index (χ2v) is 8.16. The number of thioether (sulfide) groups is 1. The van der Waals surface area contributed by atoms with Crippen LogP contribution in [0.25, 0.3) is 10.9 Å². The molecule has 2 heterocycles. The fourth-order valence-corrected chi connectivity index (χ4v) is 4.43.